The molecule has 0 aliphatic carbocycles. The van der Waals surface area contributed by atoms with Crippen LogP contribution in [0, 0.1) is 0 Å². The van der Waals surface area contributed by atoms with Crippen molar-refractivity contribution < 1.29 is 0 Å². The summed E-state index contributed by atoms with van der Waals surface area (Å²) in [6.07, 6.45) is 2.06. The van der Waals surface area contributed by atoms with Gasteiger partial charge in [0.05, 0.1) is 11.2 Å². The summed E-state index contributed by atoms with van der Waals surface area (Å²) in [5.74, 6) is 5.54. The molecule has 0 aliphatic heterocycles. The average molecular weight is 317 g/mol. The van der Waals surface area contributed by atoms with Crippen LogP contribution in [0.5, 0.6) is 0 Å². The van der Waals surface area contributed by atoms with Crippen molar-refractivity contribution in [3.05, 3.63) is 34.4 Å². The van der Waals surface area contributed by atoms with Crippen molar-refractivity contribution >= 4 is 44.9 Å². The van der Waals surface area contributed by atoms with E-state index in [-0.39, 0.29) is 12.4 Å². The first kappa shape index (κ1) is 14.2. The van der Waals surface area contributed by atoms with Gasteiger partial charge in [0.2, 0.25) is 0 Å². The second-order valence-electron chi connectivity index (χ2n) is 3.72. The number of hydrogen-bond acceptors (Lipinski definition) is 3. The highest BCUT2D eigenvalue weighted by molar-refractivity contribution is 9.10. The molecule has 1 heterocycles. The second-order valence-corrected chi connectivity index (χ2v) is 4.63. The van der Waals surface area contributed by atoms with Crippen LogP contribution in [0.2, 0.25) is 0 Å². The molecule has 92 valence electrons. The van der Waals surface area contributed by atoms with E-state index in [2.05, 4.69) is 33.3 Å². The maximum atomic E-state index is 5.54. The van der Waals surface area contributed by atoms with Crippen molar-refractivity contribution in [2.75, 3.05) is 5.43 Å². The molecule has 5 heteroatoms. The molecule has 17 heavy (non-hydrogen) atoms. The van der Waals surface area contributed by atoms with E-state index in [1.165, 1.54) is 0 Å². The number of rotatable bonds is 3. The van der Waals surface area contributed by atoms with E-state index in [0.717, 1.165) is 39.6 Å². The zero-order valence-corrected chi connectivity index (χ0v) is 11.9. The van der Waals surface area contributed by atoms with Gasteiger partial charge in [0, 0.05) is 15.6 Å². The van der Waals surface area contributed by atoms with Gasteiger partial charge in [-0.05, 0) is 30.7 Å². The first-order valence-electron chi connectivity index (χ1n) is 5.30. The van der Waals surface area contributed by atoms with Crippen molar-refractivity contribution in [1.82, 2.24) is 4.98 Å². The Kier molecular flexibility index (Phi) is 5.18. The normalized spacial score (nSPS) is 10.1. The first-order chi connectivity index (χ1) is 7.74. The highest BCUT2D eigenvalue weighted by Gasteiger charge is 2.05. The Morgan fingerprint density at radius 2 is 2.12 bits per heavy atom. The molecular formula is C12H15BrClN3. The van der Waals surface area contributed by atoms with E-state index < -0.39 is 0 Å². The number of nitrogens with two attached hydrogens (primary N) is 1. The molecule has 0 atom stereocenters. The van der Waals surface area contributed by atoms with Crippen molar-refractivity contribution in [2.45, 2.75) is 19.8 Å². The summed E-state index contributed by atoms with van der Waals surface area (Å²) < 4.78 is 1.03. The summed E-state index contributed by atoms with van der Waals surface area (Å²) in [6, 6.07) is 8.02. The molecule has 0 fully saturated rings. The van der Waals surface area contributed by atoms with Crippen LogP contribution < -0.4 is 11.3 Å². The number of halogens is 2. The van der Waals surface area contributed by atoms with Crippen LogP contribution in [0.4, 0.5) is 5.69 Å². The lowest BCUT2D eigenvalue weighted by atomic mass is 10.1. The molecule has 0 aliphatic rings. The lowest BCUT2D eigenvalue weighted by molar-refractivity contribution is 0.890. The number of nitrogens with one attached hydrogen (secondary N) is 1. The number of pyridine rings is 1. The van der Waals surface area contributed by atoms with Gasteiger partial charge < -0.3 is 5.43 Å². The largest absolute Gasteiger partial charge is 0.323 e. The number of benzene rings is 1. The van der Waals surface area contributed by atoms with Crippen LogP contribution in [0.1, 0.15) is 19.0 Å². The monoisotopic (exact) mass is 315 g/mol. The number of anilines is 1. The molecule has 1 aromatic heterocycles. The lowest BCUT2D eigenvalue weighted by Crippen LogP contribution is -2.08. The number of nitrogen functional groups attached to an aromatic ring is 1. The van der Waals surface area contributed by atoms with E-state index in [1.807, 2.05) is 24.3 Å². The number of aromatic nitrogens is 1. The summed E-state index contributed by atoms with van der Waals surface area (Å²) in [7, 11) is 0. The fourth-order valence-electron chi connectivity index (χ4n) is 1.76. The topological polar surface area (TPSA) is 50.9 Å². The molecule has 3 nitrogen and oxygen atoms in total. The van der Waals surface area contributed by atoms with E-state index in [1.54, 1.807) is 0 Å². The molecule has 1 aromatic carbocycles. The van der Waals surface area contributed by atoms with Crippen LogP contribution >= 0.6 is 28.3 Å². The van der Waals surface area contributed by atoms with Crippen LogP contribution in [-0.4, -0.2) is 4.98 Å². The molecule has 0 saturated heterocycles. The third-order valence-corrected chi connectivity index (χ3v) is 2.98. The van der Waals surface area contributed by atoms with Gasteiger partial charge in [-0.25, -0.2) is 0 Å². The van der Waals surface area contributed by atoms with E-state index in [4.69, 9.17) is 5.84 Å². The van der Waals surface area contributed by atoms with Crippen molar-refractivity contribution in [2.24, 2.45) is 5.84 Å². The van der Waals surface area contributed by atoms with Gasteiger partial charge in [0.1, 0.15) is 0 Å². The van der Waals surface area contributed by atoms with Crippen molar-refractivity contribution in [3.63, 3.8) is 0 Å². The Balaban J connectivity index is 0.00000144. The Hall–Kier alpha value is -0.840. The third kappa shape index (κ3) is 3.09. The predicted molar refractivity (Wildman–Crippen MR) is 78.5 cm³/mol. The first-order valence-corrected chi connectivity index (χ1v) is 6.09. The molecule has 2 aromatic rings. The minimum absolute atomic E-state index is 0. The standard InChI is InChI=1S/C12H14BrN3.ClH/c1-2-3-9-7-12(16-14)10-6-8(13)4-5-11(10)15-9;/h4-7H,2-3,14H2,1H3,(H,15,16);1H. The minimum Gasteiger partial charge on any atom is -0.323 e. The fraction of sp³-hybridized carbons (Fsp3) is 0.250. The van der Waals surface area contributed by atoms with Crippen LogP contribution in [0.25, 0.3) is 10.9 Å². The number of aryl methyl sites for hydroxylation is 1. The number of hydrogen-bond donors (Lipinski definition) is 2. The molecule has 0 saturated carbocycles. The number of nitrogens with zero attached hydrogens (tertiary/aromatic N) is 1. The Bertz CT molecular complexity index is 516. The van der Waals surface area contributed by atoms with Crippen molar-refractivity contribution in [1.29, 1.82) is 0 Å². The SMILES string of the molecule is CCCc1cc(NN)c2cc(Br)ccc2n1.Cl. The minimum atomic E-state index is 0. The summed E-state index contributed by atoms with van der Waals surface area (Å²) in [5, 5.41) is 1.04. The van der Waals surface area contributed by atoms with E-state index >= 15 is 0 Å². The fourth-order valence-corrected chi connectivity index (χ4v) is 2.12. The highest BCUT2D eigenvalue weighted by atomic mass is 79.9. The Morgan fingerprint density at radius 1 is 1.35 bits per heavy atom. The van der Waals surface area contributed by atoms with Gasteiger partial charge in [-0.3, -0.25) is 10.8 Å². The number of hydrazine groups is 1. The zero-order chi connectivity index (χ0) is 11.5. The van der Waals surface area contributed by atoms with Crippen LogP contribution in [-0.2, 0) is 6.42 Å². The Morgan fingerprint density at radius 3 is 2.76 bits per heavy atom. The smallest absolute Gasteiger partial charge is 0.0727 e. The molecule has 0 spiro atoms. The van der Waals surface area contributed by atoms with Crippen molar-refractivity contribution in [3.8, 4) is 0 Å². The molecule has 0 unspecified atom stereocenters. The molecule has 0 radical (unpaired) electrons. The average Bonchev–Trinajstić information content (AvgIpc) is 2.29. The molecular weight excluding hydrogens is 302 g/mol. The molecule has 3 N–H and O–H groups in total. The maximum Gasteiger partial charge on any atom is 0.0727 e. The molecule has 2 rings (SSSR count). The zero-order valence-electron chi connectivity index (χ0n) is 9.53. The van der Waals surface area contributed by atoms with Gasteiger partial charge in [-0.15, -0.1) is 12.4 Å². The maximum absolute atomic E-state index is 5.54. The summed E-state index contributed by atoms with van der Waals surface area (Å²) in [4.78, 5) is 4.60. The van der Waals surface area contributed by atoms with E-state index in [9.17, 15) is 0 Å². The second kappa shape index (κ2) is 6.19. The number of fused-ring (bicyclic) bond motifs is 1. The van der Waals surface area contributed by atoms with Gasteiger partial charge >= 0.3 is 0 Å². The van der Waals surface area contributed by atoms with Crippen LogP contribution in [0.3, 0.4) is 0 Å². The summed E-state index contributed by atoms with van der Waals surface area (Å²) in [6.45, 7) is 2.14. The van der Waals surface area contributed by atoms with Gasteiger partial charge in [0.25, 0.3) is 0 Å². The van der Waals surface area contributed by atoms with Gasteiger partial charge in [0.15, 0.2) is 0 Å². The van der Waals surface area contributed by atoms with Gasteiger partial charge in [-0.2, -0.15) is 0 Å². The Labute approximate surface area is 115 Å². The predicted octanol–water partition coefficient (Wildman–Crippen LogP) is 3.66. The molecule has 0 amide bonds. The van der Waals surface area contributed by atoms with Gasteiger partial charge in [-0.1, -0.05) is 29.3 Å². The third-order valence-electron chi connectivity index (χ3n) is 2.49. The summed E-state index contributed by atoms with van der Waals surface area (Å²) in [5.41, 5.74) is 5.71. The van der Waals surface area contributed by atoms with Crippen LogP contribution in [0.15, 0.2) is 28.7 Å². The lowest BCUT2D eigenvalue weighted by Gasteiger charge is -2.08. The quantitative estimate of drug-likeness (QED) is 0.671. The molecule has 0 bridgehead atoms. The summed E-state index contributed by atoms with van der Waals surface area (Å²) >= 11 is 3.45. The van der Waals surface area contributed by atoms with E-state index in [0.29, 0.717) is 0 Å². The highest BCUT2D eigenvalue weighted by Crippen LogP contribution is 2.26.